The van der Waals surface area contributed by atoms with Crippen molar-refractivity contribution in [1.82, 2.24) is 5.39 Å². The van der Waals surface area contributed by atoms with Crippen molar-refractivity contribution in [1.29, 1.82) is 0 Å². The van der Waals surface area contributed by atoms with E-state index in [9.17, 15) is 29.4 Å². The van der Waals surface area contributed by atoms with E-state index in [4.69, 9.17) is 30.4 Å². The zero-order valence-corrected chi connectivity index (χ0v) is 24.7. The Labute approximate surface area is 249 Å². The van der Waals surface area contributed by atoms with Crippen LogP contribution >= 0.6 is 0 Å². The summed E-state index contributed by atoms with van der Waals surface area (Å²) >= 11 is 0. The summed E-state index contributed by atoms with van der Waals surface area (Å²) in [6, 6.07) is -1.30. The first-order valence-electron chi connectivity index (χ1n) is 14.9. The van der Waals surface area contributed by atoms with Gasteiger partial charge < -0.3 is 30.2 Å². The summed E-state index contributed by atoms with van der Waals surface area (Å²) < 4.78 is 14.8. The van der Waals surface area contributed by atoms with E-state index in [1.807, 2.05) is 6.92 Å². The molecule has 1 unspecified atom stereocenters. The molecule has 4 rings (SSSR count). The van der Waals surface area contributed by atoms with Crippen molar-refractivity contribution < 1.29 is 58.9 Å². The second-order valence-corrected chi connectivity index (χ2v) is 12.8. The average Bonchev–Trinajstić information content (AvgIpc) is 3.22. The maximum absolute atomic E-state index is 13.4. The van der Waals surface area contributed by atoms with Gasteiger partial charge in [-0.25, -0.2) is 4.79 Å². The minimum Gasteiger partial charge on any atom is -0.464 e. The van der Waals surface area contributed by atoms with E-state index in [1.54, 1.807) is 6.08 Å². The Hall–Kier alpha value is -2.46. The van der Waals surface area contributed by atoms with Crippen molar-refractivity contribution in [2.45, 2.75) is 89.4 Å². The van der Waals surface area contributed by atoms with Crippen molar-refractivity contribution >= 4 is 23.7 Å². The third-order valence-corrected chi connectivity index (χ3v) is 10.5. The molecule has 14 heteroatoms. The second-order valence-electron chi connectivity index (χ2n) is 12.8. The first-order chi connectivity index (χ1) is 20.2. The molecule has 0 aromatic heterocycles. The second kappa shape index (κ2) is 13.3. The highest BCUT2D eigenvalue weighted by Gasteiger charge is 2.68. The molecule has 0 aromatic rings. The standard InChI is InChI=1S/C29H44N2O12/c1-27-9-7-18(32)13-17(27)5-6-19-20-8-10-29(37,28(20,2)14-22(33)24(19)27)23(34)16-42-26(36)41-15-21(30)25(35)40-11-3-4-12-43-31(38)39/h13,19-22,24,33,37-39H,3-12,14-16,30H2,1-2H3/t19-,20-,21?,22-,24+,27-,28-,29-/m0/s1. The van der Waals surface area contributed by atoms with Crippen molar-refractivity contribution in [2.24, 2.45) is 34.3 Å². The molecule has 0 saturated heterocycles. The van der Waals surface area contributed by atoms with E-state index in [1.165, 1.54) is 0 Å². The van der Waals surface area contributed by atoms with E-state index in [0.29, 0.717) is 32.1 Å². The lowest BCUT2D eigenvalue weighted by Gasteiger charge is -2.60. The Morgan fingerprint density at radius 1 is 1.07 bits per heavy atom. The van der Waals surface area contributed by atoms with Gasteiger partial charge in [-0.15, -0.1) is 0 Å². The number of aliphatic hydroxyl groups excluding tert-OH is 1. The molecule has 3 fully saturated rings. The summed E-state index contributed by atoms with van der Waals surface area (Å²) in [6.07, 6.45) is 4.13. The lowest BCUT2D eigenvalue weighted by Crippen LogP contribution is -2.62. The van der Waals surface area contributed by atoms with Gasteiger partial charge in [0, 0.05) is 11.8 Å². The predicted octanol–water partition coefficient (Wildman–Crippen LogP) is 1.61. The van der Waals surface area contributed by atoms with Gasteiger partial charge in [0.1, 0.15) is 18.2 Å². The molecule has 4 aliphatic rings. The van der Waals surface area contributed by atoms with Crippen LogP contribution in [0.5, 0.6) is 0 Å². The number of ketones is 2. The van der Waals surface area contributed by atoms with E-state index in [0.717, 1.165) is 18.4 Å². The molecule has 4 aliphatic carbocycles. The Morgan fingerprint density at radius 2 is 1.79 bits per heavy atom. The van der Waals surface area contributed by atoms with E-state index in [2.05, 4.69) is 11.8 Å². The molecule has 8 atom stereocenters. The van der Waals surface area contributed by atoms with Crippen molar-refractivity contribution in [3.63, 3.8) is 0 Å². The highest BCUT2D eigenvalue weighted by molar-refractivity contribution is 5.92. The highest BCUT2D eigenvalue weighted by atomic mass is 17.1. The van der Waals surface area contributed by atoms with Gasteiger partial charge in [0.15, 0.2) is 12.4 Å². The van der Waals surface area contributed by atoms with Gasteiger partial charge in [-0.05, 0) is 80.6 Å². The van der Waals surface area contributed by atoms with Crippen LogP contribution in [0.3, 0.4) is 0 Å². The number of hydrogen-bond donors (Lipinski definition) is 5. The number of carbonyl (C=O) groups is 4. The smallest absolute Gasteiger partial charge is 0.464 e. The van der Waals surface area contributed by atoms with Gasteiger partial charge in [-0.1, -0.05) is 19.4 Å². The van der Waals surface area contributed by atoms with E-state index in [-0.39, 0.29) is 55.0 Å². The number of nitrogens with zero attached hydrogens (tertiary/aromatic N) is 1. The first-order valence-corrected chi connectivity index (χ1v) is 14.9. The molecular weight excluding hydrogens is 568 g/mol. The van der Waals surface area contributed by atoms with Crippen LogP contribution in [0.15, 0.2) is 11.6 Å². The Morgan fingerprint density at radius 3 is 2.51 bits per heavy atom. The third-order valence-electron chi connectivity index (χ3n) is 10.5. The molecule has 0 spiro atoms. The lowest BCUT2D eigenvalue weighted by molar-refractivity contribution is -0.492. The molecular formula is C29H44N2O12. The Balaban J connectivity index is 1.27. The predicted molar refractivity (Wildman–Crippen MR) is 145 cm³/mol. The number of unbranched alkanes of at least 4 members (excludes halogenated alkanes) is 1. The molecule has 3 saturated carbocycles. The van der Waals surface area contributed by atoms with Gasteiger partial charge in [0.2, 0.25) is 5.78 Å². The molecule has 242 valence electrons. The van der Waals surface area contributed by atoms with Crippen LogP contribution in [0.25, 0.3) is 0 Å². The fraction of sp³-hybridized carbons (Fsp3) is 0.793. The van der Waals surface area contributed by atoms with E-state index < -0.39 is 59.7 Å². The van der Waals surface area contributed by atoms with Gasteiger partial charge in [0.25, 0.3) is 0 Å². The fourth-order valence-electron chi connectivity index (χ4n) is 8.29. The number of rotatable bonds is 12. The molecule has 6 N–H and O–H groups in total. The summed E-state index contributed by atoms with van der Waals surface area (Å²) in [4.78, 5) is 53.9. The van der Waals surface area contributed by atoms with Crippen molar-refractivity contribution in [3.05, 3.63) is 11.6 Å². The van der Waals surface area contributed by atoms with Gasteiger partial charge in [0.05, 0.1) is 24.7 Å². The molecule has 0 aliphatic heterocycles. The molecule has 0 radical (unpaired) electrons. The van der Waals surface area contributed by atoms with Crippen LogP contribution in [0.2, 0.25) is 0 Å². The monoisotopic (exact) mass is 612 g/mol. The number of nitrogens with two attached hydrogens (primary N) is 1. The minimum atomic E-state index is -1.80. The van der Waals surface area contributed by atoms with Crippen LogP contribution in [-0.2, 0) is 33.4 Å². The quantitative estimate of drug-likeness (QED) is 0.120. The summed E-state index contributed by atoms with van der Waals surface area (Å²) in [5.74, 6) is -1.38. The van der Waals surface area contributed by atoms with Crippen LogP contribution in [0.1, 0.15) is 71.6 Å². The Bertz CT molecular complexity index is 1110. The SMILES string of the molecule is C[C@]12CCC(=O)C=C1CC[C@@H]1[C@@H]2[C@@H](O)C[C@@]2(C)[C@H]1CC[C@]2(O)C(=O)COC(=O)OCC(N)C(=O)OCCCCON(O)O. The zero-order chi connectivity index (χ0) is 31.6. The molecule has 43 heavy (non-hydrogen) atoms. The largest absolute Gasteiger partial charge is 0.508 e. The van der Waals surface area contributed by atoms with E-state index >= 15 is 0 Å². The van der Waals surface area contributed by atoms with Gasteiger partial charge >= 0.3 is 12.1 Å². The molecule has 0 amide bonds. The normalized spacial score (nSPS) is 35.7. The van der Waals surface area contributed by atoms with Crippen LogP contribution in [0, 0.1) is 28.6 Å². The summed E-state index contributed by atoms with van der Waals surface area (Å²) in [6.45, 7) is 2.64. The summed E-state index contributed by atoms with van der Waals surface area (Å²) in [5, 5.41) is 39.7. The number of esters is 1. The topological polar surface area (TPSA) is 215 Å². The van der Waals surface area contributed by atoms with Crippen molar-refractivity contribution in [3.8, 4) is 0 Å². The average molecular weight is 613 g/mol. The van der Waals surface area contributed by atoms with Crippen LogP contribution < -0.4 is 5.73 Å². The van der Waals surface area contributed by atoms with Crippen LogP contribution in [-0.4, -0.2) is 93.9 Å². The molecule has 0 heterocycles. The minimum absolute atomic E-state index is 0.0120. The van der Waals surface area contributed by atoms with Gasteiger partial charge in [-0.2, -0.15) is 0 Å². The van der Waals surface area contributed by atoms with Crippen LogP contribution in [0.4, 0.5) is 4.79 Å². The first kappa shape index (κ1) is 33.4. The number of ether oxygens (including phenoxy) is 3. The highest BCUT2D eigenvalue weighted by Crippen LogP contribution is 2.67. The molecule has 0 bridgehead atoms. The molecule has 0 aromatic carbocycles. The summed E-state index contributed by atoms with van der Waals surface area (Å²) in [5.41, 5.74) is 3.76. The maximum atomic E-state index is 13.4. The number of fused-ring (bicyclic) bond motifs is 5. The maximum Gasteiger partial charge on any atom is 0.508 e. The Kier molecular flexibility index (Phi) is 10.3. The number of Topliss-reactive ketones (excluding diaryl/α,β-unsaturated/α-hetero) is 1. The lowest BCUT2D eigenvalue weighted by atomic mass is 9.45. The third kappa shape index (κ3) is 6.65. The van der Waals surface area contributed by atoms with Crippen molar-refractivity contribution in [2.75, 3.05) is 26.4 Å². The molecule has 14 nitrogen and oxygen atoms in total. The zero-order valence-electron chi connectivity index (χ0n) is 24.7. The summed E-state index contributed by atoms with van der Waals surface area (Å²) in [7, 11) is 0. The number of aliphatic hydroxyl groups is 2. The number of hydrogen-bond acceptors (Lipinski definition) is 14. The van der Waals surface area contributed by atoms with Gasteiger partial charge in [-0.3, -0.25) is 29.6 Å². The fourth-order valence-corrected chi connectivity index (χ4v) is 8.29. The number of allylic oxidation sites excluding steroid dienone is 1. The number of carbonyl (C=O) groups excluding carboxylic acids is 4.